The molecule has 0 aliphatic rings. The van der Waals surface area contributed by atoms with E-state index in [9.17, 15) is 12.6 Å². The molecule has 5 nitrogen and oxygen atoms in total. The minimum absolute atomic E-state index is 0.0501. The molecule has 120 valence electrons. The van der Waals surface area contributed by atoms with Gasteiger partial charge in [0.2, 0.25) is 10.0 Å². The van der Waals surface area contributed by atoms with Gasteiger partial charge < -0.3 is 0 Å². The van der Waals surface area contributed by atoms with Crippen LogP contribution >= 0.6 is 0 Å². The molecule has 2 atom stereocenters. The van der Waals surface area contributed by atoms with Crippen molar-refractivity contribution in [3.05, 3.63) is 29.8 Å². The van der Waals surface area contributed by atoms with Crippen LogP contribution < -0.4 is 4.72 Å². The van der Waals surface area contributed by atoms with Gasteiger partial charge in [-0.25, -0.2) is 21.7 Å². The van der Waals surface area contributed by atoms with E-state index in [0.717, 1.165) is 5.56 Å². The molecule has 0 aliphatic carbocycles. The van der Waals surface area contributed by atoms with Crippen LogP contribution in [0.3, 0.4) is 0 Å². The summed E-state index contributed by atoms with van der Waals surface area (Å²) in [5, 5.41) is 0. The van der Waals surface area contributed by atoms with Crippen LogP contribution in [0.4, 0.5) is 0 Å². The van der Waals surface area contributed by atoms with Crippen LogP contribution in [-0.4, -0.2) is 42.8 Å². The van der Waals surface area contributed by atoms with Crippen LogP contribution in [0.15, 0.2) is 29.2 Å². The molecular weight excluding hydrogens is 308 g/mol. The van der Waals surface area contributed by atoms with Crippen LogP contribution in [0, 0.1) is 12.8 Å². The first-order valence-electron chi connectivity index (χ1n) is 6.78. The molecule has 0 saturated carbocycles. The molecule has 0 radical (unpaired) electrons. The lowest BCUT2D eigenvalue weighted by Gasteiger charge is -2.23. The molecule has 0 bridgehead atoms. The zero-order chi connectivity index (χ0) is 16.2. The van der Waals surface area contributed by atoms with Crippen molar-refractivity contribution in [2.45, 2.75) is 31.7 Å². The summed E-state index contributed by atoms with van der Waals surface area (Å²) in [5.41, 5.74) is 1.09. The second kappa shape index (κ2) is 7.49. The van der Waals surface area contributed by atoms with Gasteiger partial charge in [-0.3, -0.25) is 0 Å². The first kappa shape index (κ1) is 18.3. The summed E-state index contributed by atoms with van der Waals surface area (Å²) in [4.78, 5) is 0.647. The predicted octanol–water partition coefficient (Wildman–Crippen LogP) is 1.52. The Kier molecular flexibility index (Phi) is 6.52. The first-order chi connectivity index (χ1) is 9.63. The van der Waals surface area contributed by atoms with Crippen LogP contribution in [0.2, 0.25) is 0 Å². The first-order valence-corrected chi connectivity index (χ1v) is 9.54. The molecule has 0 aromatic heterocycles. The molecule has 0 heterocycles. The predicted molar refractivity (Wildman–Crippen MR) is 86.8 cm³/mol. The van der Waals surface area contributed by atoms with Crippen molar-refractivity contribution in [1.29, 1.82) is 0 Å². The van der Waals surface area contributed by atoms with Gasteiger partial charge in [-0.15, -0.1) is 0 Å². The summed E-state index contributed by atoms with van der Waals surface area (Å²) < 4.78 is 40.4. The maximum Gasteiger partial charge on any atom is 0.215 e. The van der Waals surface area contributed by atoms with E-state index in [1.54, 1.807) is 12.1 Å². The van der Waals surface area contributed by atoms with Crippen LogP contribution in [0.1, 0.15) is 19.4 Å². The third-order valence-corrected chi connectivity index (χ3v) is 6.35. The molecule has 0 saturated heterocycles. The Hall–Kier alpha value is -0.760. The molecule has 1 unspecified atom stereocenters. The van der Waals surface area contributed by atoms with Crippen molar-refractivity contribution in [2.24, 2.45) is 5.92 Å². The normalized spacial score (nSPS) is 15.4. The maximum absolute atomic E-state index is 12.3. The number of benzene rings is 1. The van der Waals surface area contributed by atoms with Crippen LogP contribution in [-0.2, 0) is 21.0 Å². The van der Waals surface area contributed by atoms with Crippen LogP contribution in [0.25, 0.3) is 0 Å². The highest BCUT2D eigenvalue weighted by atomic mass is 32.2. The monoisotopic (exact) mass is 332 g/mol. The molecule has 1 aromatic rings. The lowest BCUT2D eigenvalue weighted by atomic mass is 10.1. The molecule has 1 rings (SSSR count). The Labute approximate surface area is 130 Å². The lowest BCUT2D eigenvalue weighted by molar-refractivity contribution is 0.466. The Balaban J connectivity index is 2.84. The summed E-state index contributed by atoms with van der Waals surface area (Å²) in [5.74, 6) is -0.0240. The zero-order valence-electron chi connectivity index (χ0n) is 13.2. The number of aryl methyl sites for hydroxylation is 1. The van der Waals surface area contributed by atoms with E-state index in [2.05, 4.69) is 4.72 Å². The Bertz CT molecular complexity index is 581. The molecule has 0 aliphatic heterocycles. The maximum atomic E-state index is 12.3. The van der Waals surface area contributed by atoms with Gasteiger partial charge in [0, 0.05) is 20.1 Å². The van der Waals surface area contributed by atoms with Gasteiger partial charge in [0.25, 0.3) is 0 Å². The van der Waals surface area contributed by atoms with E-state index < -0.39 is 21.0 Å². The third kappa shape index (κ3) is 5.50. The van der Waals surface area contributed by atoms with E-state index in [1.807, 2.05) is 32.9 Å². The highest BCUT2D eigenvalue weighted by Crippen LogP contribution is 2.12. The average Bonchev–Trinajstić information content (AvgIpc) is 2.38. The van der Waals surface area contributed by atoms with E-state index in [0.29, 0.717) is 4.90 Å². The van der Waals surface area contributed by atoms with E-state index in [4.69, 9.17) is 0 Å². The largest absolute Gasteiger partial charge is 0.237 e. The number of nitrogens with one attached hydrogen (secondary N) is 1. The number of sulfonamides is 1. The number of rotatable bonds is 7. The van der Waals surface area contributed by atoms with Gasteiger partial charge in [0.05, 0.1) is 10.6 Å². The molecule has 1 N–H and O–H groups in total. The van der Waals surface area contributed by atoms with Crippen molar-refractivity contribution in [3.63, 3.8) is 0 Å². The molecule has 0 fully saturated rings. The van der Waals surface area contributed by atoms with Gasteiger partial charge in [-0.2, -0.15) is 0 Å². The minimum atomic E-state index is -3.34. The molecule has 1 aromatic carbocycles. The van der Waals surface area contributed by atoms with Crippen LogP contribution in [0.5, 0.6) is 0 Å². The lowest BCUT2D eigenvalue weighted by Crippen LogP contribution is -2.43. The fourth-order valence-corrected chi connectivity index (χ4v) is 4.08. The number of hydrogen-bond acceptors (Lipinski definition) is 3. The summed E-state index contributed by atoms with van der Waals surface area (Å²) >= 11 is 0. The summed E-state index contributed by atoms with van der Waals surface area (Å²) in [6.45, 7) is 5.78. The molecule has 0 amide bonds. The van der Waals surface area contributed by atoms with E-state index in [1.165, 1.54) is 18.4 Å². The van der Waals surface area contributed by atoms with E-state index >= 15 is 0 Å². The zero-order valence-corrected chi connectivity index (χ0v) is 14.8. The van der Waals surface area contributed by atoms with Gasteiger partial charge in [0.15, 0.2) is 0 Å². The van der Waals surface area contributed by atoms with Gasteiger partial charge >= 0.3 is 0 Å². The smallest absolute Gasteiger partial charge is 0.215 e. The van der Waals surface area contributed by atoms with Crippen molar-refractivity contribution < 1.29 is 12.6 Å². The van der Waals surface area contributed by atoms with Crippen molar-refractivity contribution in [3.8, 4) is 0 Å². The quantitative estimate of drug-likeness (QED) is 0.823. The average molecular weight is 332 g/mol. The molecule has 7 heteroatoms. The standard InChI is InChI=1S/C14H24N2O3S2/c1-11(2)14(10-21(18,19)16(4)5)15-20(17)13-8-6-12(3)7-9-13/h6-9,11,14-15H,10H2,1-5H3/t14-,20?/m0/s1. The van der Waals surface area contributed by atoms with Crippen molar-refractivity contribution >= 4 is 21.0 Å². The Morgan fingerprint density at radius 3 is 2.14 bits per heavy atom. The third-order valence-electron chi connectivity index (χ3n) is 3.24. The summed E-state index contributed by atoms with van der Waals surface area (Å²) in [7, 11) is -1.76. The number of hydrogen-bond donors (Lipinski definition) is 1. The highest BCUT2D eigenvalue weighted by Gasteiger charge is 2.25. The second-order valence-electron chi connectivity index (χ2n) is 5.61. The second-order valence-corrected chi connectivity index (χ2v) is 9.08. The molecule has 21 heavy (non-hydrogen) atoms. The fourth-order valence-electron chi connectivity index (χ4n) is 1.61. The molecular formula is C14H24N2O3S2. The Morgan fingerprint density at radius 2 is 1.71 bits per heavy atom. The topological polar surface area (TPSA) is 66.5 Å². The highest BCUT2D eigenvalue weighted by molar-refractivity contribution is 7.89. The summed E-state index contributed by atoms with van der Waals surface area (Å²) in [6, 6.07) is 6.97. The Morgan fingerprint density at radius 1 is 1.19 bits per heavy atom. The van der Waals surface area contributed by atoms with Gasteiger partial charge in [-0.1, -0.05) is 31.5 Å². The van der Waals surface area contributed by atoms with E-state index in [-0.39, 0.29) is 17.7 Å². The fraction of sp³-hybridized carbons (Fsp3) is 0.571. The van der Waals surface area contributed by atoms with Gasteiger partial charge in [0.1, 0.15) is 11.0 Å². The summed E-state index contributed by atoms with van der Waals surface area (Å²) in [6.07, 6.45) is 0. The molecule has 0 spiro atoms. The minimum Gasteiger partial charge on any atom is -0.237 e. The van der Waals surface area contributed by atoms with Crippen molar-refractivity contribution in [1.82, 2.24) is 9.03 Å². The van der Waals surface area contributed by atoms with Gasteiger partial charge in [-0.05, 0) is 25.0 Å². The SMILES string of the molecule is Cc1ccc(S(=O)N[C@@H](CS(=O)(=O)N(C)C)C(C)C)cc1. The number of nitrogens with zero attached hydrogens (tertiary/aromatic N) is 1. The van der Waals surface area contributed by atoms with Crippen molar-refractivity contribution in [2.75, 3.05) is 19.8 Å².